The van der Waals surface area contributed by atoms with Crippen molar-refractivity contribution in [1.29, 1.82) is 0 Å². The largest absolute Gasteiger partial charge is 0.399 e. The number of hydrogen-bond acceptors (Lipinski definition) is 5. The van der Waals surface area contributed by atoms with Crippen LogP contribution < -0.4 is 5.73 Å². The summed E-state index contributed by atoms with van der Waals surface area (Å²) in [6.45, 7) is 3.62. The van der Waals surface area contributed by atoms with Crippen molar-refractivity contribution in [3.05, 3.63) is 45.9 Å². The number of pyridine rings is 1. The van der Waals surface area contributed by atoms with Crippen molar-refractivity contribution in [2.75, 3.05) is 25.4 Å². The quantitative estimate of drug-likeness (QED) is 0.935. The zero-order valence-corrected chi connectivity index (χ0v) is 14.0. The van der Waals surface area contributed by atoms with Crippen LogP contribution in [-0.4, -0.2) is 35.5 Å². The van der Waals surface area contributed by atoms with Gasteiger partial charge in [-0.2, -0.15) is 0 Å². The summed E-state index contributed by atoms with van der Waals surface area (Å²) in [4.78, 5) is 20.1. The van der Waals surface area contributed by atoms with Gasteiger partial charge in [-0.05, 0) is 36.9 Å². The molecule has 0 aliphatic carbocycles. The minimum atomic E-state index is -0.198. The Bertz CT molecular complexity index is 652. The normalized spacial score (nSPS) is 18.1. The molecule has 122 valence electrons. The van der Waals surface area contributed by atoms with Gasteiger partial charge in [0, 0.05) is 29.2 Å². The molecule has 1 fully saturated rings. The molecule has 2 aromatic rings. The average Bonchev–Trinajstić information content (AvgIpc) is 3.05. The lowest BCUT2D eigenvalue weighted by molar-refractivity contribution is -0.139. The first-order valence-corrected chi connectivity index (χ1v) is 8.65. The van der Waals surface area contributed by atoms with Gasteiger partial charge in [0.1, 0.15) is 6.10 Å². The Morgan fingerprint density at radius 3 is 3.13 bits per heavy atom. The van der Waals surface area contributed by atoms with Crippen LogP contribution in [0.3, 0.4) is 0 Å². The van der Waals surface area contributed by atoms with Crippen LogP contribution in [-0.2, 0) is 16.0 Å². The fourth-order valence-corrected chi connectivity index (χ4v) is 3.49. The number of morpholine rings is 1. The first kappa shape index (κ1) is 16.0. The van der Waals surface area contributed by atoms with Crippen LogP contribution in [0.25, 0.3) is 0 Å². The van der Waals surface area contributed by atoms with Crippen molar-refractivity contribution in [3.8, 4) is 0 Å². The number of nitrogens with zero attached hydrogens (tertiary/aromatic N) is 2. The van der Waals surface area contributed by atoms with E-state index in [9.17, 15) is 4.79 Å². The van der Waals surface area contributed by atoms with Crippen LogP contribution in [0.15, 0.2) is 29.6 Å². The summed E-state index contributed by atoms with van der Waals surface area (Å²) in [7, 11) is 0. The zero-order valence-electron chi connectivity index (χ0n) is 13.2. The highest BCUT2D eigenvalue weighted by Crippen LogP contribution is 2.23. The Hall–Kier alpha value is -1.92. The third-order valence-electron chi connectivity index (χ3n) is 3.91. The van der Waals surface area contributed by atoms with Gasteiger partial charge in [0.15, 0.2) is 0 Å². The molecule has 1 amide bonds. The maximum absolute atomic E-state index is 12.4. The van der Waals surface area contributed by atoms with Crippen LogP contribution in [0.2, 0.25) is 0 Å². The van der Waals surface area contributed by atoms with E-state index in [1.807, 2.05) is 35.4 Å². The fraction of sp³-hybridized carbons (Fsp3) is 0.412. The Kier molecular flexibility index (Phi) is 4.93. The number of nitrogen functional groups attached to an aromatic ring is 1. The Balaban J connectivity index is 1.62. The van der Waals surface area contributed by atoms with Crippen LogP contribution in [0.5, 0.6) is 0 Å². The van der Waals surface area contributed by atoms with Gasteiger partial charge in [-0.3, -0.25) is 9.78 Å². The number of nitrogens with two attached hydrogens (primary N) is 1. The molecule has 1 aliphatic heterocycles. The smallest absolute Gasteiger partial charge is 0.223 e. The second kappa shape index (κ2) is 7.10. The average molecular weight is 331 g/mol. The first-order valence-electron chi connectivity index (χ1n) is 7.77. The third-order valence-corrected chi connectivity index (χ3v) is 4.85. The van der Waals surface area contributed by atoms with E-state index in [2.05, 4.69) is 11.1 Å². The second-order valence-corrected chi connectivity index (χ2v) is 6.78. The first-order chi connectivity index (χ1) is 11.1. The van der Waals surface area contributed by atoms with Gasteiger partial charge in [-0.25, -0.2) is 0 Å². The number of anilines is 1. The topological polar surface area (TPSA) is 68.5 Å². The van der Waals surface area contributed by atoms with Crippen molar-refractivity contribution < 1.29 is 9.53 Å². The molecule has 1 saturated heterocycles. The number of amides is 1. The summed E-state index contributed by atoms with van der Waals surface area (Å²) in [6, 6.07) is 7.75. The van der Waals surface area contributed by atoms with Crippen LogP contribution in [0.4, 0.5) is 5.69 Å². The van der Waals surface area contributed by atoms with Gasteiger partial charge < -0.3 is 15.4 Å². The van der Waals surface area contributed by atoms with E-state index in [0.717, 1.165) is 17.8 Å². The van der Waals surface area contributed by atoms with Crippen LogP contribution in [0, 0.1) is 6.92 Å². The van der Waals surface area contributed by atoms with Crippen molar-refractivity contribution in [2.24, 2.45) is 0 Å². The van der Waals surface area contributed by atoms with Gasteiger partial charge >= 0.3 is 0 Å². The molecular formula is C17H21N3O2S. The highest BCUT2D eigenvalue weighted by atomic mass is 32.1. The standard InChI is InChI=1S/C17H21N3O2S/c1-12-9-13(18)10-15(19-12)16-11-20(6-7-22-16)17(21)5-4-14-3-2-8-23-14/h2-3,8-10,16H,4-7,11H2,1H3,(H2,18,19)/t16-/m1/s1. The molecule has 6 heteroatoms. The van der Waals surface area contributed by atoms with Crippen molar-refractivity contribution in [1.82, 2.24) is 9.88 Å². The minimum Gasteiger partial charge on any atom is -0.399 e. The second-order valence-electron chi connectivity index (χ2n) is 5.75. The summed E-state index contributed by atoms with van der Waals surface area (Å²) in [5, 5.41) is 2.04. The highest BCUT2D eigenvalue weighted by Gasteiger charge is 2.26. The number of carbonyl (C=O) groups excluding carboxylic acids is 1. The number of aryl methyl sites for hydroxylation is 2. The molecule has 0 unspecified atom stereocenters. The zero-order chi connectivity index (χ0) is 16.2. The Morgan fingerprint density at radius 1 is 1.52 bits per heavy atom. The molecule has 23 heavy (non-hydrogen) atoms. The summed E-state index contributed by atoms with van der Waals surface area (Å²) in [5.74, 6) is 0.173. The third kappa shape index (κ3) is 4.09. The fourth-order valence-electron chi connectivity index (χ4n) is 2.78. The predicted molar refractivity (Wildman–Crippen MR) is 91.3 cm³/mol. The van der Waals surface area contributed by atoms with E-state index in [-0.39, 0.29) is 12.0 Å². The molecule has 0 bridgehead atoms. The Labute approximate surface area is 140 Å². The molecule has 0 radical (unpaired) electrons. The van der Waals surface area contributed by atoms with E-state index < -0.39 is 0 Å². The van der Waals surface area contributed by atoms with Crippen LogP contribution >= 0.6 is 11.3 Å². The van der Waals surface area contributed by atoms with E-state index in [1.165, 1.54) is 4.88 Å². The Morgan fingerprint density at radius 2 is 2.39 bits per heavy atom. The van der Waals surface area contributed by atoms with Crippen LogP contribution in [0.1, 0.15) is 28.8 Å². The lowest BCUT2D eigenvalue weighted by Gasteiger charge is -2.33. The molecule has 1 atom stereocenters. The number of rotatable bonds is 4. The van der Waals surface area contributed by atoms with Crippen molar-refractivity contribution >= 4 is 22.9 Å². The lowest BCUT2D eigenvalue weighted by atomic mass is 10.1. The molecule has 2 aromatic heterocycles. The van der Waals surface area contributed by atoms with Gasteiger partial charge in [0.2, 0.25) is 5.91 Å². The van der Waals surface area contributed by atoms with E-state index >= 15 is 0 Å². The maximum atomic E-state index is 12.4. The highest BCUT2D eigenvalue weighted by molar-refractivity contribution is 7.09. The van der Waals surface area contributed by atoms with Gasteiger partial charge in [0.25, 0.3) is 0 Å². The summed E-state index contributed by atoms with van der Waals surface area (Å²) < 4.78 is 5.79. The molecule has 0 spiro atoms. The summed E-state index contributed by atoms with van der Waals surface area (Å²) >= 11 is 1.69. The predicted octanol–water partition coefficient (Wildman–Crippen LogP) is 2.57. The number of ether oxygens (including phenoxy) is 1. The SMILES string of the molecule is Cc1cc(N)cc([C@H]2CN(C(=O)CCc3cccs3)CCO2)n1. The van der Waals surface area contributed by atoms with E-state index in [1.54, 1.807) is 11.3 Å². The van der Waals surface area contributed by atoms with E-state index in [4.69, 9.17) is 10.5 Å². The number of hydrogen-bond donors (Lipinski definition) is 1. The number of thiophene rings is 1. The molecule has 1 aliphatic rings. The van der Waals surface area contributed by atoms with Crippen molar-refractivity contribution in [3.63, 3.8) is 0 Å². The monoisotopic (exact) mass is 331 g/mol. The summed E-state index contributed by atoms with van der Waals surface area (Å²) in [6.07, 6.45) is 1.14. The molecule has 2 N–H and O–H groups in total. The van der Waals surface area contributed by atoms with Gasteiger partial charge in [-0.1, -0.05) is 6.07 Å². The molecule has 0 aromatic carbocycles. The van der Waals surface area contributed by atoms with Gasteiger partial charge in [-0.15, -0.1) is 11.3 Å². The molecule has 0 saturated carbocycles. The lowest BCUT2D eigenvalue weighted by Crippen LogP contribution is -2.42. The minimum absolute atomic E-state index is 0.173. The number of aromatic nitrogens is 1. The molecular weight excluding hydrogens is 310 g/mol. The maximum Gasteiger partial charge on any atom is 0.223 e. The van der Waals surface area contributed by atoms with Crippen molar-refractivity contribution in [2.45, 2.75) is 25.9 Å². The van der Waals surface area contributed by atoms with Gasteiger partial charge in [0.05, 0.1) is 18.8 Å². The summed E-state index contributed by atoms with van der Waals surface area (Å²) in [5.41, 5.74) is 8.23. The molecule has 3 heterocycles. The molecule has 3 rings (SSSR count). The number of carbonyl (C=O) groups is 1. The molecule has 5 nitrogen and oxygen atoms in total. The van der Waals surface area contributed by atoms with E-state index in [0.29, 0.717) is 31.8 Å².